The first-order chi connectivity index (χ1) is 13.3. The standard InChI is InChI=1S/C15H23N6O6P/c1-10-8-21(15(23)17-14(10)22)13-7-11(18-19-16)12(27-13)9-26-28(24,25)20-5-3-2-4-6-20/h8,11-13H,2-7,9H2,1H3,(H,24,25)(H,17,22,23). The SMILES string of the molecule is Cc1cn(C2CC(N=[N+]=[N-])C(COP(=O)(O)N3CCCCC3)O2)c(=O)[nH]c1=O. The van der Waals surface area contributed by atoms with Gasteiger partial charge in [0.15, 0.2) is 0 Å². The summed E-state index contributed by atoms with van der Waals surface area (Å²) in [6.07, 6.45) is 2.61. The van der Waals surface area contributed by atoms with Crippen LogP contribution in [0.4, 0.5) is 0 Å². The third-order valence-corrected chi connectivity index (χ3v) is 6.56. The lowest BCUT2D eigenvalue weighted by atomic mass is 10.1. The van der Waals surface area contributed by atoms with Crippen molar-refractivity contribution >= 4 is 7.75 Å². The molecular formula is C15H23N6O6P. The zero-order chi connectivity index (χ0) is 20.3. The quantitative estimate of drug-likeness (QED) is 0.308. The number of aryl methyl sites for hydroxylation is 1. The maximum Gasteiger partial charge on any atom is 0.405 e. The van der Waals surface area contributed by atoms with Crippen LogP contribution in [0.5, 0.6) is 0 Å². The van der Waals surface area contributed by atoms with E-state index in [-0.39, 0.29) is 13.0 Å². The molecule has 3 heterocycles. The summed E-state index contributed by atoms with van der Waals surface area (Å²) in [6.45, 7) is 2.25. The molecule has 3 rings (SSSR count). The topological polar surface area (TPSA) is 163 Å². The Morgan fingerprint density at radius 3 is 2.82 bits per heavy atom. The fourth-order valence-electron chi connectivity index (χ4n) is 3.41. The van der Waals surface area contributed by atoms with E-state index in [1.165, 1.54) is 15.4 Å². The number of rotatable bonds is 6. The van der Waals surface area contributed by atoms with Crippen LogP contribution in [-0.4, -0.2) is 51.0 Å². The molecule has 4 atom stereocenters. The number of aromatic amines is 1. The zero-order valence-corrected chi connectivity index (χ0v) is 16.3. The minimum atomic E-state index is -3.98. The molecule has 28 heavy (non-hydrogen) atoms. The van der Waals surface area contributed by atoms with Crippen molar-refractivity contribution in [3.05, 3.63) is 43.0 Å². The molecule has 0 aromatic carbocycles. The van der Waals surface area contributed by atoms with E-state index >= 15 is 0 Å². The smallest absolute Gasteiger partial charge is 0.352 e. The van der Waals surface area contributed by atoms with Crippen LogP contribution in [0.15, 0.2) is 20.9 Å². The van der Waals surface area contributed by atoms with Gasteiger partial charge in [-0.15, -0.1) is 0 Å². The van der Waals surface area contributed by atoms with Crippen LogP contribution >= 0.6 is 7.75 Å². The summed E-state index contributed by atoms with van der Waals surface area (Å²) >= 11 is 0. The number of piperidine rings is 1. The van der Waals surface area contributed by atoms with Crippen LogP contribution in [-0.2, 0) is 13.8 Å². The first-order valence-corrected chi connectivity index (χ1v) is 10.6. The van der Waals surface area contributed by atoms with E-state index in [2.05, 4.69) is 15.0 Å². The summed E-state index contributed by atoms with van der Waals surface area (Å²) in [6, 6.07) is -0.685. The van der Waals surface area contributed by atoms with Gasteiger partial charge in [-0.05, 0) is 25.3 Å². The van der Waals surface area contributed by atoms with Crippen LogP contribution < -0.4 is 11.2 Å². The number of aromatic nitrogens is 2. The van der Waals surface area contributed by atoms with Crippen molar-refractivity contribution < 1.29 is 18.7 Å². The monoisotopic (exact) mass is 414 g/mol. The van der Waals surface area contributed by atoms with E-state index in [1.807, 2.05) is 0 Å². The van der Waals surface area contributed by atoms with E-state index in [1.54, 1.807) is 6.92 Å². The van der Waals surface area contributed by atoms with Gasteiger partial charge >= 0.3 is 13.4 Å². The summed E-state index contributed by atoms with van der Waals surface area (Å²) in [5.41, 5.74) is 7.99. The summed E-state index contributed by atoms with van der Waals surface area (Å²) in [4.78, 5) is 38.8. The van der Waals surface area contributed by atoms with E-state index in [4.69, 9.17) is 14.8 Å². The Kier molecular flexibility index (Phi) is 6.39. The van der Waals surface area contributed by atoms with Gasteiger partial charge in [0.2, 0.25) is 0 Å². The average molecular weight is 414 g/mol. The molecule has 2 fully saturated rings. The van der Waals surface area contributed by atoms with E-state index in [0.29, 0.717) is 18.7 Å². The second-order valence-corrected chi connectivity index (χ2v) is 8.72. The van der Waals surface area contributed by atoms with Crippen molar-refractivity contribution in [1.82, 2.24) is 14.2 Å². The Bertz CT molecular complexity index is 918. The van der Waals surface area contributed by atoms with Gasteiger partial charge in [-0.25, -0.2) is 14.0 Å². The van der Waals surface area contributed by atoms with Crippen molar-refractivity contribution in [2.45, 2.75) is 51.0 Å². The van der Waals surface area contributed by atoms with Gasteiger partial charge < -0.3 is 9.63 Å². The van der Waals surface area contributed by atoms with Gasteiger partial charge in [0, 0.05) is 36.2 Å². The zero-order valence-electron chi connectivity index (χ0n) is 15.4. The van der Waals surface area contributed by atoms with Gasteiger partial charge in [0.05, 0.1) is 18.8 Å². The fourth-order valence-corrected chi connectivity index (χ4v) is 4.70. The molecule has 1 aromatic rings. The highest BCUT2D eigenvalue weighted by molar-refractivity contribution is 7.50. The third-order valence-electron chi connectivity index (χ3n) is 4.96. The highest BCUT2D eigenvalue weighted by Gasteiger charge is 2.39. The first kappa shape index (κ1) is 20.8. The van der Waals surface area contributed by atoms with E-state index in [9.17, 15) is 19.0 Å². The fraction of sp³-hybridized carbons (Fsp3) is 0.733. The number of H-pyrrole nitrogens is 1. The molecule has 1 aromatic heterocycles. The van der Waals surface area contributed by atoms with Crippen LogP contribution in [0.2, 0.25) is 0 Å². The number of hydrogen-bond donors (Lipinski definition) is 2. The van der Waals surface area contributed by atoms with Gasteiger partial charge in [0.1, 0.15) is 6.23 Å². The molecular weight excluding hydrogens is 391 g/mol. The van der Waals surface area contributed by atoms with Crippen LogP contribution in [0, 0.1) is 6.92 Å². The summed E-state index contributed by atoms with van der Waals surface area (Å²) < 4.78 is 26.2. The van der Waals surface area contributed by atoms with Gasteiger partial charge in [0.25, 0.3) is 5.56 Å². The third kappa shape index (κ3) is 4.54. The highest BCUT2D eigenvalue weighted by atomic mass is 31.2. The van der Waals surface area contributed by atoms with Gasteiger partial charge in [-0.1, -0.05) is 11.5 Å². The predicted molar refractivity (Wildman–Crippen MR) is 98.7 cm³/mol. The first-order valence-electron chi connectivity index (χ1n) is 9.06. The molecule has 12 nitrogen and oxygen atoms in total. The second kappa shape index (κ2) is 8.60. The Balaban J connectivity index is 1.73. The minimum Gasteiger partial charge on any atom is -0.352 e. The maximum absolute atomic E-state index is 12.5. The molecule has 0 spiro atoms. The van der Waals surface area contributed by atoms with Crippen LogP contribution in [0.1, 0.15) is 37.5 Å². The van der Waals surface area contributed by atoms with Gasteiger partial charge in [-0.2, -0.15) is 0 Å². The molecule has 4 unspecified atom stereocenters. The molecule has 0 bridgehead atoms. The number of nitrogens with zero attached hydrogens (tertiary/aromatic N) is 5. The van der Waals surface area contributed by atoms with Gasteiger partial charge in [-0.3, -0.25) is 18.9 Å². The average Bonchev–Trinajstić information content (AvgIpc) is 3.07. The van der Waals surface area contributed by atoms with E-state index < -0.39 is 37.4 Å². The summed E-state index contributed by atoms with van der Waals surface area (Å²) in [5.74, 6) is 0. The van der Waals surface area contributed by atoms with Crippen molar-refractivity contribution in [3.8, 4) is 0 Å². The predicted octanol–water partition coefficient (Wildman–Crippen LogP) is 1.41. The lowest BCUT2D eigenvalue weighted by molar-refractivity contribution is -0.0261. The number of hydrogen-bond acceptors (Lipinski definition) is 6. The molecule has 2 saturated heterocycles. The summed E-state index contributed by atoms with van der Waals surface area (Å²) in [5, 5.41) is 3.67. The lowest BCUT2D eigenvalue weighted by Gasteiger charge is -2.30. The molecule has 13 heteroatoms. The largest absolute Gasteiger partial charge is 0.405 e. The number of azide groups is 1. The second-order valence-electron chi connectivity index (χ2n) is 6.92. The molecule has 0 radical (unpaired) electrons. The van der Waals surface area contributed by atoms with Crippen molar-refractivity contribution in [2.75, 3.05) is 19.7 Å². The lowest BCUT2D eigenvalue weighted by Crippen LogP contribution is -2.33. The Morgan fingerprint density at radius 2 is 2.14 bits per heavy atom. The number of nitrogens with one attached hydrogen (secondary N) is 1. The molecule has 2 N–H and O–H groups in total. The molecule has 0 saturated carbocycles. The van der Waals surface area contributed by atoms with Crippen molar-refractivity contribution in [2.24, 2.45) is 5.11 Å². The van der Waals surface area contributed by atoms with Crippen LogP contribution in [0.25, 0.3) is 10.4 Å². The molecule has 0 aliphatic carbocycles. The summed E-state index contributed by atoms with van der Waals surface area (Å²) in [7, 11) is -3.98. The minimum absolute atomic E-state index is 0.170. The Labute approximate surface area is 160 Å². The normalized spacial score (nSPS) is 27.9. The van der Waals surface area contributed by atoms with Crippen molar-refractivity contribution in [3.63, 3.8) is 0 Å². The maximum atomic E-state index is 12.5. The molecule has 0 amide bonds. The molecule has 154 valence electrons. The Morgan fingerprint density at radius 1 is 1.43 bits per heavy atom. The van der Waals surface area contributed by atoms with E-state index in [0.717, 1.165) is 19.3 Å². The van der Waals surface area contributed by atoms with Crippen LogP contribution in [0.3, 0.4) is 0 Å². The molecule has 2 aliphatic heterocycles. The Hall–Kier alpha value is -1.94. The molecule has 2 aliphatic rings. The highest BCUT2D eigenvalue weighted by Crippen LogP contribution is 2.48. The van der Waals surface area contributed by atoms with Crippen molar-refractivity contribution in [1.29, 1.82) is 0 Å². The number of ether oxygens (including phenoxy) is 1.